The number of rotatable bonds is 0. The van der Waals surface area contributed by atoms with Crippen LogP contribution in [0.3, 0.4) is 0 Å². The van der Waals surface area contributed by atoms with Gasteiger partial charge in [-0.3, -0.25) is 4.98 Å². The Labute approximate surface area is 104 Å². The Hall–Kier alpha value is -1.15. The van der Waals surface area contributed by atoms with Gasteiger partial charge in [0.1, 0.15) is 0 Å². The topological polar surface area (TPSA) is 12.9 Å². The van der Waals surface area contributed by atoms with Gasteiger partial charge < -0.3 is 0 Å². The summed E-state index contributed by atoms with van der Waals surface area (Å²) in [5.74, 6) is 0. The largest absolute Gasteiger partial charge is 0.259 e. The van der Waals surface area contributed by atoms with Crippen LogP contribution < -0.4 is 0 Å². The quantitative estimate of drug-likeness (QED) is 0.716. The summed E-state index contributed by atoms with van der Waals surface area (Å²) in [6.07, 6.45) is 5.09. The molecule has 2 heteroatoms. The molecule has 80 valence electrons. The van der Waals surface area contributed by atoms with Crippen LogP contribution in [0.15, 0.2) is 41.0 Å². The summed E-state index contributed by atoms with van der Waals surface area (Å²) in [5, 5.41) is 0. The molecule has 1 heterocycles. The minimum Gasteiger partial charge on any atom is -0.259 e. The minimum atomic E-state index is 0.971. The molecular weight excluding hydrogens is 262 g/mol. The van der Waals surface area contributed by atoms with Crippen LogP contribution >= 0.6 is 15.9 Å². The lowest BCUT2D eigenvalue weighted by Gasteiger charge is -2.04. The van der Waals surface area contributed by atoms with Gasteiger partial charge in [-0.1, -0.05) is 24.3 Å². The molecule has 16 heavy (non-hydrogen) atoms. The van der Waals surface area contributed by atoms with Crippen LogP contribution in [0.25, 0.3) is 0 Å². The highest BCUT2D eigenvalue weighted by Gasteiger charge is 2.13. The molecular formula is C14H12BrN. The van der Waals surface area contributed by atoms with Crippen molar-refractivity contribution < 1.29 is 0 Å². The number of fused-ring (bicyclic) bond motifs is 2. The Balaban J connectivity index is 2.08. The molecule has 0 unspecified atom stereocenters. The zero-order valence-electron chi connectivity index (χ0n) is 8.91. The number of hydrogen-bond acceptors (Lipinski definition) is 1. The second-order valence-electron chi connectivity index (χ2n) is 4.20. The molecule has 0 bridgehead atoms. The van der Waals surface area contributed by atoms with E-state index in [9.17, 15) is 0 Å². The Morgan fingerprint density at radius 2 is 1.75 bits per heavy atom. The highest BCUT2D eigenvalue weighted by molar-refractivity contribution is 9.10. The number of aryl methyl sites for hydroxylation is 2. The van der Waals surface area contributed by atoms with Crippen molar-refractivity contribution in [2.75, 3.05) is 0 Å². The van der Waals surface area contributed by atoms with Gasteiger partial charge in [-0.15, -0.1) is 0 Å². The van der Waals surface area contributed by atoms with E-state index in [0.717, 1.165) is 23.7 Å². The first-order valence-electron chi connectivity index (χ1n) is 5.53. The lowest BCUT2D eigenvalue weighted by atomic mass is 10.0. The monoisotopic (exact) mass is 273 g/mol. The van der Waals surface area contributed by atoms with Crippen LogP contribution in [0.4, 0.5) is 0 Å². The predicted molar refractivity (Wildman–Crippen MR) is 68.6 cm³/mol. The van der Waals surface area contributed by atoms with Crippen LogP contribution in [0.5, 0.6) is 0 Å². The fourth-order valence-corrected chi connectivity index (χ4v) is 2.69. The molecule has 1 aliphatic rings. The predicted octanol–water partition coefficient (Wildman–Crippen LogP) is 3.53. The van der Waals surface area contributed by atoms with Gasteiger partial charge in [0.25, 0.3) is 0 Å². The summed E-state index contributed by atoms with van der Waals surface area (Å²) in [6.45, 7) is 0. The molecule has 1 aromatic heterocycles. The van der Waals surface area contributed by atoms with Gasteiger partial charge in [0.15, 0.2) is 0 Å². The van der Waals surface area contributed by atoms with E-state index in [4.69, 9.17) is 0 Å². The number of pyridine rings is 1. The van der Waals surface area contributed by atoms with Crippen molar-refractivity contribution in [2.45, 2.75) is 19.3 Å². The Kier molecular flexibility index (Phi) is 2.52. The second kappa shape index (κ2) is 4.02. The molecule has 0 N–H and O–H groups in total. The van der Waals surface area contributed by atoms with Gasteiger partial charge in [0.05, 0.1) is 0 Å². The summed E-state index contributed by atoms with van der Waals surface area (Å²) >= 11 is 3.49. The summed E-state index contributed by atoms with van der Waals surface area (Å²) in [6, 6.07) is 10.9. The first kappa shape index (κ1) is 10.0. The van der Waals surface area contributed by atoms with Crippen molar-refractivity contribution in [1.29, 1.82) is 0 Å². The van der Waals surface area contributed by atoms with Crippen molar-refractivity contribution in [3.63, 3.8) is 0 Å². The Bertz CT molecular complexity index is 534. The van der Waals surface area contributed by atoms with Gasteiger partial charge in [0, 0.05) is 22.8 Å². The van der Waals surface area contributed by atoms with E-state index in [0.29, 0.717) is 0 Å². The molecule has 3 rings (SSSR count). The van der Waals surface area contributed by atoms with Gasteiger partial charge >= 0.3 is 0 Å². The third kappa shape index (κ3) is 1.78. The minimum absolute atomic E-state index is 0.971. The summed E-state index contributed by atoms with van der Waals surface area (Å²) in [4.78, 5) is 4.53. The third-order valence-electron chi connectivity index (χ3n) is 3.17. The number of nitrogens with zero attached hydrogens (tertiary/aromatic N) is 1. The molecule has 0 aliphatic heterocycles. The number of hydrogen-bond donors (Lipinski definition) is 0. The van der Waals surface area contributed by atoms with E-state index in [1.54, 1.807) is 0 Å². The van der Waals surface area contributed by atoms with Crippen molar-refractivity contribution in [3.05, 3.63) is 63.4 Å². The van der Waals surface area contributed by atoms with Gasteiger partial charge in [-0.25, -0.2) is 0 Å². The smallest absolute Gasteiger partial charge is 0.0480 e. The fourth-order valence-electron chi connectivity index (χ4n) is 2.31. The molecule has 0 spiro atoms. The van der Waals surface area contributed by atoms with Crippen molar-refractivity contribution in [1.82, 2.24) is 4.98 Å². The fraction of sp³-hybridized carbons (Fsp3) is 0.214. The highest BCUT2D eigenvalue weighted by Crippen LogP contribution is 2.24. The third-order valence-corrected chi connectivity index (χ3v) is 3.60. The molecule has 1 aliphatic carbocycles. The Morgan fingerprint density at radius 3 is 2.62 bits per heavy atom. The van der Waals surface area contributed by atoms with E-state index in [-0.39, 0.29) is 0 Å². The molecule has 2 aromatic rings. The molecule has 0 fully saturated rings. The van der Waals surface area contributed by atoms with E-state index in [1.807, 2.05) is 6.20 Å². The van der Waals surface area contributed by atoms with E-state index < -0.39 is 0 Å². The SMILES string of the molecule is Brc1cnc2c(c1)CCc1ccccc1C2. The van der Waals surface area contributed by atoms with Crippen LogP contribution in [-0.2, 0) is 19.3 Å². The van der Waals surface area contributed by atoms with Crippen LogP contribution in [0.1, 0.15) is 22.4 Å². The maximum Gasteiger partial charge on any atom is 0.0480 e. The van der Waals surface area contributed by atoms with Gasteiger partial charge in [-0.05, 0) is 51.5 Å². The lowest BCUT2D eigenvalue weighted by molar-refractivity contribution is 0.949. The summed E-state index contributed by atoms with van der Waals surface area (Å²) in [5.41, 5.74) is 5.51. The molecule has 0 saturated heterocycles. The zero-order chi connectivity index (χ0) is 11.0. The first-order chi connectivity index (χ1) is 7.83. The molecule has 1 aromatic carbocycles. The van der Waals surface area contributed by atoms with Crippen molar-refractivity contribution >= 4 is 15.9 Å². The van der Waals surface area contributed by atoms with Gasteiger partial charge in [0.2, 0.25) is 0 Å². The maximum atomic E-state index is 4.53. The molecule has 0 radical (unpaired) electrons. The van der Waals surface area contributed by atoms with E-state index in [1.165, 1.54) is 22.4 Å². The molecule has 1 nitrogen and oxygen atoms in total. The standard InChI is InChI=1S/C14H12BrN/c15-13-7-12-6-5-10-3-1-2-4-11(10)8-14(12)16-9-13/h1-4,7,9H,5-6,8H2. The number of aromatic nitrogens is 1. The lowest BCUT2D eigenvalue weighted by Crippen LogP contribution is -1.96. The van der Waals surface area contributed by atoms with Crippen LogP contribution in [-0.4, -0.2) is 4.98 Å². The van der Waals surface area contributed by atoms with E-state index >= 15 is 0 Å². The normalized spacial score (nSPS) is 13.8. The highest BCUT2D eigenvalue weighted by atomic mass is 79.9. The number of halogens is 1. The first-order valence-corrected chi connectivity index (χ1v) is 6.32. The van der Waals surface area contributed by atoms with Gasteiger partial charge in [-0.2, -0.15) is 0 Å². The van der Waals surface area contributed by atoms with Crippen molar-refractivity contribution in [3.8, 4) is 0 Å². The van der Waals surface area contributed by atoms with Crippen LogP contribution in [0, 0.1) is 0 Å². The average Bonchev–Trinajstić information content (AvgIpc) is 2.48. The molecule has 0 saturated carbocycles. The van der Waals surface area contributed by atoms with Crippen LogP contribution in [0.2, 0.25) is 0 Å². The summed E-state index contributed by atoms with van der Waals surface area (Å²) < 4.78 is 1.08. The number of benzene rings is 1. The second-order valence-corrected chi connectivity index (χ2v) is 5.12. The van der Waals surface area contributed by atoms with E-state index in [2.05, 4.69) is 51.2 Å². The molecule has 0 atom stereocenters. The zero-order valence-corrected chi connectivity index (χ0v) is 10.5. The maximum absolute atomic E-state index is 4.53. The molecule has 0 amide bonds. The van der Waals surface area contributed by atoms with Crippen molar-refractivity contribution in [2.24, 2.45) is 0 Å². The Morgan fingerprint density at radius 1 is 1.00 bits per heavy atom. The average molecular weight is 274 g/mol. The summed E-state index contributed by atoms with van der Waals surface area (Å²) in [7, 11) is 0.